The molecule has 1 aliphatic heterocycles. The SMILES string of the molecule is Cc1nc(CN2C(=O)C(=O)c3c(F)ccc(F)c32)cs1. The standard InChI is InChI=1S/C13H8F2N2O2S/c1-6-16-7(5-20-6)4-17-11-9(15)3-2-8(14)10(11)12(18)13(17)19/h2-3,5H,4H2,1H3. The summed E-state index contributed by atoms with van der Waals surface area (Å²) in [6.45, 7) is 1.74. The Balaban J connectivity index is 2.08. The molecule has 0 atom stereocenters. The molecule has 20 heavy (non-hydrogen) atoms. The van der Waals surface area contributed by atoms with Gasteiger partial charge in [-0.2, -0.15) is 0 Å². The lowest BCUT2D eigenvalue weighted by Crippen LogP contribution is -2.29. The second-order valence-electron chi connectivity index (χ2n) is 4.33. The number of hydrogen-bond donors (Lipinski definition) is 0. The van der Waals surface area contributed by atoms with Gasteiger partial charge >= 0.3 is 0 Å². The van der Waals surface area contributed by atoms with E-state index in [1.807, 2.05) is 0 Å². The highest BCUT2D eigenvalue weighted by Crippen LogP contribution is 2.34. The number of fused-ring (bicyclic) bond motifs is 1. The number of aryl methyl sites for hydroxylation is 1. The highest BCUT2D eigenvalue weighted by atomic mass is 32.1. The van der Waals surface area contributed by atoms with Crippen molar-refractivity contribution < 1.29 is 18.4 Å². The maximum Gasteiger partial charge on any atom is 0.300 e. The predicted molar refractivity (Wildman–Crippen MR) is 68.7 cm³/mol. The molecule has 0 saturated heterocycles. The molecule has 1 aromatic carbocycles. The van der Waals surface area contributed by atoms with Gasteiger partial charge in [0.2, 0.25) is 0 Å². The number of Topliss-reactive ketones (excluding diaryl/α,β-unsaturated/α-hetero) is 1. The van der Waals surface area contributed by atoms with Gasteiger partial charge in [-0.15, -0.1) is 11.3 Å². The van der Waals surface area contributed by atoms with Gasteiger partial charge in [0, 0.05) is 5.38 Å². The van der Waals surface area contributed by atoms with Crippen LogP contribution in [0.3, 0.4) is 0 Å². The van der Waals surface area contributed by atoms with E-state index < -0.39 is 28.9 Å². The van der Waals surface area contributed by atoms with Gasteiger partial charge in [-0.3, -0.25) is 14.5 Å². The minimum absolute atomic E-state index is 0.0533. The molecule has 0 aliphatic carbocycles. The van der Waals surface area contributed by atoms with Gasteiger partial charge < -0.3 is 0 Å². The van der Waals surface area contributed by atoms with Crippen LogP contribution in [0.5, 0.6) is 0 Å². The van der Waals surface area contributed by atoms with Crippen LogP contribution in [0.4, 0.5) is 14.5 Å². The quantitative estimate of drug-likeness (QED) is 0.799. The summed E-state index contributed by atoms with van der Waals surface area (Å²) in [5.41, 5.74) is -0.266. The van der Waals surface area contributed by atoms with Crippen molar-refractivity contribution in [2.75, 3.05) is 4.90 Å². The molecule has 0 spiro atoms. The zero-order valence-corrected chi connectivity index (χ0v) is 11.1. The van der Waals surface area contributed by atoms with Crippen LogP contribution in [0, 0.1) is 18.6 Å². The average Bonchev–Trinajstić information content (AvgIpc) is 2.92. The van der Waals surface area contributed by atoms with Gasteiger partial charge in [0.05, 0.1) is 28.5 Å². The second kappa shape index (κ2) is 4.45. The molecule has 7 heteroatoms. The van der Waals surface area contributed by atoms with E-state index in [0.717, 1.165) is 22.0 Å². The first-order valence-corrected chi connectivity index (χ1v) is 6.62. The molecule has 0 N–H and O–H groups in total. The molecule has 102 valence electrons. The van der Waals surface area contributed by atoms with Crippen molar-refractivity contribution >= 4 is 28.7 Å². The molecular formula is C13H8F2N2O2S. The largest absolute Gasteiger partial charge is 0.300 e. The summed E-state index contributed by atoms with van der Waals surface area (Å²) in [4.78, 5) is 28.7. The fourth-order valence-electron chi connectivity index (χ4n) is 2.15. The van der Waals surface area contributed by atoms with Crippen molar-refractivity contribution in [1.82, 2.24) is 4.98 Å². The zero-order chi connectivity index (χ0) is 14.4. The van der Waals surface area contributed by atoms with E-state index in [0.29, 0.717) is 5.69 Å². The molecule has 2 heterocycles. The van der Waals surface area contributed by atoms with Crippen LogP contribution >= 0.6 is 11.3 Å². The van der Waals surface area contributed by atoms with Crippen LogP contribution < -0.4 is 4.90 Å². The normalized spacial score (nSPS) is 14.1. The van der Waals surface area contributed by atoms with Gasteiger partial charge in [-0.1, -0.05) is 0 Å². The van der Waals surface area contributed by atoms with E-state index in [9.17, 15) is 18.4 Å². The number of nitrogens with zero attached hydrogens (tertiary/aromatic N) is 2. The molecule has 2 aromatic rings. The van der Waals surface area contributed by atoms with Crippen molar-refractivity contribution in [2.45, 2.75) is 13.5 Å². The maximum absolute atomic E-state index is 13.8. The lowest BCUT2D eigenvalue weighted by molar-refractivity contribution is -0.114. The summed E-state index contributed by atoms with van der Waals surface area (Å²) in [7, 11) is 0. The molecule has 4 nitrogen and oxygen atoms in total. The third-order valence-corrected chi connectivity index (χ3v) is 3.82. The van der Waals surface area contributed by atoms with E-state index in [2.05, 4.69) is 4.98 Å². The number of anilines is 1. The summed E-state index contributed by atoms with van der Waals surface area (Å²) < 4.78 is 27.5. The first-order valence-electron chi connectivity index (χ1n) is 5.74. The first kappa shape index (κ1) is 12.9. The van der Waals surface area contributed by atoms with Gasteiger partial charge in [-0.25, -0.2) is 13.8 Å². The number of aromatic nitrogens is 1. The van der Waals surface area contributed by atoms with Crippen molar-refractivity contribution in [2.24, 2.45) is 0 Å². The smallest absolute Gasteiger partial charge is 0.296 e. The fraction of sp³-hybridized carbons (Fsp3) is 0.154. The zero-order valence-electron chi connectivity index (χ0n) is 10.3. The van der Waals surface area contributed by atoms with Gasteiger partial charge in [0.1, 0.15) is 11.6 Å². The number of halogens is 2. The predicted octanol–water partition coefficient (Wildman–Crippen LogP) is 2.46. The number of carbonyl (C=O) groups excluding carboxylic acids is 2. The van der Waals surface area contributed by atoms with Crippen molar-refractivity contribution in [1.29, 1.82) is 0 Å². The molecule has 3 rings (SSSR count). The number of benzene rings is 1. The van der Waals surface area contributed by atoms with E-state index in [1.54, 1.807) is 12.3 Å². The molecule has 0 saturated carbocycles. The van der Waals surface area contributed by atoms with Gasteiger partial charge in [-0.05, 0) is 19.1 Å². The van der Waals surface area contributed by atoms with E-state index in [1.165, 1.54) is 11.3 Å². The van der Waals surface area contributed by atoms with Crippen LogP contribution in [0.2, 0.25) is 0 Å². The van der Waals surface area contributed by atoms with Crippen LogP contribution in [0.15, 0.2) is 17.5 Å². The molecule has 0 bridgehead atoms. The van der Waals surface area contributed by atoms with Crippen LogP contribution in [0.25, 0.3) is 0 Å². The summed E-state index contributed by atoms with van der Waals surface area (Å²) in [6, 6.07) is 1.75. The minimum atomic E-state index is -1.02. The summed E-state index contributed by atoms with van der Waals surface area (Å²) in [5.74, 6) is -3.65. The molecular weight excluding hydrogens is 286 g/mol. The Kier molecular flexibility index (Phi) is 2.86. The average molecular weight is 294 g/mol. The van der Waals surface area contributed by atoms with Gasteiger partial charge in [0.15, 0.2) is 0 Å². The summed E-state index contributed by atoms with van der Waals surface area (Å²) >= 11 is 1.38. The number of carbonyl (C=O) groups is 2. The fourth-order valence-corrected chi connectivity index (χ4v) is 2.75. The number of hydrogen-bond acceptors (Lipinski definition) is 4. The van der Waals surface area contributed by atoms with E-state index in [-0.39, 0.29) is 12.2 Å². The highest BCUT2D eigenvalue weighted by Gasteiger charge is 2.40. The lowest BCUT2D eigenvalue weighted by Gasteiger charge is -2.15. The Hall–Kier alpha value is -2.15. The molecule has 0 unspecified atom stereocenters. The van der Waals surface area contributed by atoms with Gasteiger partial charge in [0.25, 0.3) is 11.7 Å². The molecule has 0 radical (unpaired) electrons. The third-order valence-electron chi connectivity index (χ3n) is 3.00. The van der Waals surface area contributed by atoms with Crippen molar-refractivity contribution in [3.8, 4) is 0 Å². The summed E-state index contributed by atoms with van der Waals surface area (Å²) in [5, 5.41) is 2.50. The van der Waals surface area contributed by atoms with Crippen LogP contribution in [0.1, 0.15) is 21.1 Å². The lowest BCUT2D eigenvalue weighted by atomic mass is 10.1. The number of amides is 1. The Morgan fingerprint density at radius 2 is 1.95 bits per heavy atom. The number of rotatable bonds is 2. The Labute approximate surface area is 116 Å². The van der Waals surface area contributed by atoms with Crippen molar-refractivity contribution in [3.63, 3.8) is 0 Å². The Morgan fingerprint density at radius 3 is 2.60 bits per heavy atom. The maximum atomic E-state index is 13.8. The Morgan fingerprint density at radius 1 is 1.25 bits per heavy atom. The minimum Gasteiger partial charge on any atom is -0.296 e. The topological polar surface area (TPSA) is 50.3 Å². The second-order valence-corrected chi connectivity index (χ2v) is 5.39. The summed E-state index contributed by atoms with van der Waals surface area (Å²) in [6.07, 6.45) is 0. The molecule has 1 aromatic heterocycles. The van der Waals surface area contributed by atoms with E-state index >= 15 is 0 Å². The van der Waals surface area contributed by atoms with Crippen LogP contribution in [-0.2, 0) is 11.3 Å². The van der Waals surface area contributed by atoms with E-state index in [4.69, 9.17) is 0 Å². The molecule has 1 amide bonds. The monoisotopic (exact) mass is 294 g/mol. The van der Waals surface area contributed by atoms with Crippen molar-refractivity contribution in [3.05, 3.63) is 45.4 Å². The first-order chi connectivity index (χ1) is 9.49. The molecule has 0 fully saturated rings. The number of thiazole rings is 1. The third kappa shape index (κ3) is 1.82. The highest BCUT2D eigenvalue weighted by molar-refractivity contribution is 7.09. The van der Waals surface area contributed by atoms with Crippen LogP contribution in [-0.4, -0.2) is 16.7 Å². The molecule has 1 aliphatic rings. The number of ketones is 1. The Bertz CT molecular complexity index is 742.